The molecule has 1 heteroatoms. The van der Waals surface area contributed by atoms with Crippen LogP contribution in [0.2, 0.25) is 0 Å². The van der Waals surface area contributed by atoms with E-state index >= 15 is 0 Å². The molecule has 0 spiro atoms. The van der Waals surface area contributed by atoms with Gasteiger partial charge >= 0.3 is 0 Å². The van der Waals surface area contributed by atoms with Crippen molar-refractivity contribution in [3.63, 3.8) is 0 Å². The summed E-state index contributed by atoms with van der Waals surface area (Å²) in [6.45, 7) is 1.90. The van der Waals surface area contributed by atoms with E-state index < -0.39 is 0 Å². The van der Waals surface area contributed by atoms with Crippen molar-refractivity contribution in [1.29, 1.82) is 0 Å². The topological polar surface area (TPSA) is 0 Å². The van der Waals surface area contributed by atoms with E-state index in [1.165, 1.54) is 5.56 Å². The summed E-state index contributed by atoms with van der Waals surface area (Å²) in [6.07, 6.45) is 4.92. The number of allylic oxidation sites excluding steroid dienone is 1. The zero-order valence-electron chi connectivity index (χ0n) is 6.04. The molecule has 1 radical (unpaired) electrons. The van der Waals surface area contributed by atoms with E-state index in [9.17, 15) is 0 Å². The van der Waals surface area contributed by atoms with E-state index in [1.54, 1.807) is 0 Å². The second kappa shape index (κ2) is 5.82. The Balaban J connectivity index is 0.000000810. The van der Waals surface area contributed by atoms with Crippen molar-refractivity contribution in [3.05, 3.63) is 42.0 Å². The molecule has 0 unspecified atom stereocenters. The summed E-state index contributed by atoms with van der Waals surface area (Å²) in [5, 5.41) is 0. The fourth-order valence-corrected chi connectivity index (χ4v) is 0.716. The molecule has 0 aromatic heterocycles. The molecular weight excluding hydrogens is 197 g/mol. The second-order valence-electron chi connectivity index (χ2n) is 1.84. The molecule has 0 heterocycles. The summed E-state index contributed by atoms with van der Waals surface area (Å²) in [6, 6.07) is 10.1. The molecule has 0 N–H and O–H groups in total. The zero-order valence-corrected chi connectivity index (χ0v) is 8.88. The van der Waals surface area contributed by atoms with Crippen LogP contribution in [0.15, 0.2) is 30.3 Å². The Kier molecular flexibility index (Phi) is 5.86. The number of hydrogen-bond donors (Lipinski definition) is 0. The maximum absolute atomic E-state index is 2.96. The fourth-order valence-electron chi connectivity index (χ4n) is 0.716. The Hall–Kier alpha value is 0.0639. The molecule has 1 aromatic carbocycles. The van der Waals surface area contributed by atoms with Gasteiger partial charge in [0.15, 0.2) is 0 Å². The van der Waals surface area contributed by atoms with E-state index in [-0.39, 0.29) is 32.7 Å². The summed E-state index contributed by atoms with van der Waals surface area (Å²) in [5.74, 6) is 0. The van der Waals surface area contributed by atoms with E-state index in [0.717, 1.165) is 0 Å². The summed E-state index contributed by atoms with van der Waals surface area (Å²) in [5.41, 5.74) is 1.21. The van der Waals surface area contributed by atoms with Crippen LogP contribution in [0.1, 0.15) is 12.5 Å². The molecule has 0 aliphatic rings. The largest absolute Gasteiger partial charge is 0.278 e. The minimum atomic E-state index is 0. The van der Waals surface area contributed by atoms with Gasteiger partial charge in [-0.3, -0.25) is 6.08 Å². The molecule has 0 amide bonds. The first kappa shape index (κ1) is 10.1. The quantitative estimate of drug-likeness (QED) is 0.619. The Morgan fingerprint density at radius 3 is 2.30 bits per heavy atom. The van der Waals surface area contributed by atoms with Gasteiger partial charge < -0.3 is 0 Å². The standard InChI is InChI=1S/C9H9.Y/c1-2-6-9-7-4-3-5-8-9;/h3-8H,1H3;/q-1;. The van der Waals surface area contributed by atoms with Gasteiger partial charge in [-0.15, -0.1) is 19.1 Å². The van der Waals surface area contributed by atoms with Crippen molar-refractivity contribution in [2.75, 3.05) is 0 Å². The summed E-state index contributed by atoms with van der Waals surface area (Å²) < 4.78 is 0. The number of rotatable bonds is 1. The van der Waals surface area contributed by atoms with Gasteiger partial charge in [0.05, 0.1) is 0 Å². The van der Waals surface area contributed by atoms with Crippen LogP contribution in [0.5, 0.6) is 0 Å². The molecule has 0 atom stereocenters. The van der Waals surface area contributed by atoms with Gasteiger partial charge in [0.2, 0.25) is 0 Å². The molecule has 0 bridgehead atoms. The van der Waals surface area contributed by atoms with Crippen LogP contribution in [0.4, 0.5) is 0 Å². The SMILES string of the molecule is C[C-]=Cc1ccccc1.[Y]. The Morgan fingerprint density at radius 1 is 1.20 bits per heavy atom. The molecule has 0 saturated carbocycles. The molecule has 0 aliphatic carbocycles. The van der Waals surface area contributed by atoms with Crippen molar-refractivity contribution < 1.29 is 32.7 Å². The third-order valence-electron chi connectivity index (χ3n) is 1.11. The van der Waals surface area contributed by atoms with E-state index in [4.69, 9.17) is 0 Å². The predicted octanol–water partition coefficient (Wildman–Crippen LogP) is 2.52. The van der Waals surface area contributed by atoms with Crippen molar-refractivity contribution in [2.45, 2.75) is 6.92 Å². The maximum Gasteiger partial charge on any atom is 0 e. The Morgan fingerprint density at radius 2 is 1.80 bits per heavy atom. The Labute approximate surface area is 87.2 Å². The molecule has 0 aliphatic heterocycles. The van der Waals surface area contributed by atoms with Crippen molar-refractivity contribution in [3.8, 4) is 0 Å². The average molecular weight is 206 g/mol. The first-order valence-corrected chi connectivity index (χ1v) is 2.99. The normalized spacial score (nSPS) is 9.30. The average Bonchev–Trinajstić information content (AvgIpc) is 1.91. The van der Waals surface area contributed by atoms with Crippen LogP contribution in [-0.4, -0.2) is 0 Å². The summed E-state index contributed by atoms with van der Waals surface area (Å²) >= 11 is 0. The summed E-state index contributed by atoms with van der Waals surface area (Å²) in [7, 11) is 0. The zero-order chi connectivity index (χ0) is 6.53. The van der Waals surface area contributed by atoms with Crippen molar-refractivity contribution >= 4 is 6.08 Å². The number of hydrogen-bond acceptors (Lipinski definition) is 0. The minimum Gasteiger partial charge on any atom is -0.278 e. The van der Waals surface area contributed by atoms with Crippen LogP contribution in [-0.2, 0) is 32.7 Å². The van der Waals surface area contributed by atoms with E-state index in [0.29, 0.717) is 0 Å². The fraction of sp³-hybridized carbons (Fsp3) is 0.111. The molecule has 0 saturated heterocycles. The van der Waals surface area contributed by atoms with E-state index in [2.05, 4.69) is 18.2 Å². The molecule has 0 nitrogen and oxygen atoms in total. The monoisotopic (exact) mass is 206 g/mol. The van der Waals surface area contributed by atoms with Gasteiger partial charge in [-0.1, -0.05) is 18.2 Å². The maximum atomic E-state index is 2.96. The van der Waals surface area contributed by atoms with Crippen LogP contribution >= 0.6 is 0 Å². The third-order valence-corrected chi connectivity index (χ3v) is 1.11. The minimum absolute atomic E-state index is 0. The van der Waals surface area contributed by atoms with Gasteiger partial charge in [-0.2, -0.15) is 5.56 Å². The van der Waals surface area contributed by atoms with Crippen LogP contribution < -0.4 is 0 Å². The molecule has 49 valence electrons. The van der Waals surface area contributed by atoms with Crippen LogP contribution in [0.3, 0.4) is 0 Å². The van der Waals surface area contributed by atoms with Gasteiger partial charge in [-0.25, -0.2) is 6.08 Å². The molecular formula is C9H9Y-. The molecule has 1 rings (SSSR count). The molecule has 0 fully saturated rings. The van der Waals surface area contributed by atoms with Gasteiger partial charge in [-0.05, 0) is 0 Å². The van der Waals surface area contributed by atoms with Crippen molar-refractivity contribution in [2.24, 2.45) is 0 Å². The molecule has 10 heavy (non-hydrogen) atoms. The van der Waals surface area contributed by atoms with Gasteiger partial charge in [0.25, 0.3) is 0 Å². The Bertz CT molecular complexity index is 189. The van der Waals surface area contributed by atoms with Gasteiger partial charge in [0, 0.05) is 32.7 Å². The van der Waals surface area contributed by atoms with Gasteiger partial charge in [0.1, 0.15) is 0 Å². The third kappa shape index (κ3) is 3.29. The van der Waals surface area contributed by atoms with Crippen LogP contribution in [0, 0.1) is 6.08 Å². The predicted molar refractivity (Wildman–Crippen MR) is 39.8 cm³/mol. The van der Waals surface area contributed by atoms with E-state index in [1.807, 2.05) is 31.2 Å². The first-order valence-electron chi connectivity index (χ1n) is 2.99. The smallest absolute Gasteiger partial charge is 0 e. The molecule has 1 aromatic rings. The number of benzene rings is 1. The second-order valence-corrected chi connectivity index (χ2v) is 1.84. The summed E-state index contributed by atoms with van der Waals surface area (Å²) in [4.78, 5) is 0. The van der Waals surface area contributed by atoms with Crippen molar-refractivity contribution in [1.82, 2.24) is 0 Å². The van der Waals surface area contributed by atoms with Crippen LogP contribution in [0.25, 0.3) is 6.08 Å². The first-order chi connectivity index (χ1) is 4.43.